The normalized spacial score (nSPS) is 15.2. The Morgan fingerprint density at radius 2 is 1.64 bits per heavy atom. The SMILES string of the molecule is O=C(CNc1ccc2c3c(cccc13)CC2)Nc1ccc(N2CCCC2)cc1. The molecule has 5 rings (SSSR count). The largest absolute Gasteiger partial charge is 0.376 e. The summed E-state index contributed by atoms with van der Waals surface area (Å²) < 4.78 is 0. The molecule has 0 spiro atoms. The van der Waals surface area contributed by atoms with Crippen molar-refractivity contribution < 1.29 is 4.79 Å². The van der Waals surface area contributed by atoms with Crippen molar-refractivity contribution in [2.24, 2.45) is 0 Å². The fourth-order valence-electron chi connectivity index (χ4n) is 4.51. The summed E-state index contributed by atoms with van der Waals surface area (Å²) in [6.07, 6.45) is 4.76. The molecule has 4 heteroatoms. The summed E-state index contributed by atoms with van der Waals surface area (Å²) in [5.74, 6) is -0.0304. The predicted molar refractivity (Wildman–Crippen MR) is 116 cm³/mol. The van der Waals surface area contributed by atoms with Crippen LogP contribution in [-0.2, 0) is 17.6 Å². The van der Waals surface area contributed by atoms with E-state index in [9.17, 15) is 4.79 Å². The number of aryl methyl sites for hydroxylation is 2. The topological polar surface area (TPSA) is 44.4 Å². The quantitative estimate of drug-likeness (QED) is 0.689. The maximum atomic E-state index is 12.4. The molecule has 1 aliphatic carbocycles. The van der Waals surface area contributed by atoms with Gasteiger partial charge >= 0.3 is 0 Å². The van der Waals surface area contributed by atoms with Crippen LogP contribution in [0, 0.1) is 0 Å². The van der Waals surface area contributed by atoms with Gasteiger partial charge < -0.3 is 15.5 Å². The minimum atomic E-state index is -0.0304. The molecule has 3 aromatic carbocycles. The molecule has 2 aliphatic rings. The lowest BCUT2D eigenvalue weighted by atomic mass is 10.0. The van der Waals surface area contributed by atoms with Crippen molar-refractivity contribution in [2.45, 2.75) is 25.7 Å². The number of nitrogens with one attached hydrogen (secondary N) is 2. The Morgan fingerprint density at radius 3 is 2.43 bits per heavy atom. The number of anilines is 3. The van der Waals surface area contributed by atoms with E-state index < -0.39 is 0 Å². The summed E-state index contributed by atoms with van der Waals surface area (Å²) in [6, 6.07) is 18.9. The van der Waals surface area contributed by atoms with Crippen molar-refractivity contribution in [2.75, 3.05) is 35.2 Å². The van der Waals surface area contributed by atoms with Gasteiger partial charge in [-0.3, -0.25) is 4.79 Å². The molecule has 1 amide bonds. The third-order valence-electron chi connectivity index (χ3n) is 5.94. The third kappa shape index (κ3) is 3.19. The molecule has 1 saturated heterocycles. The highest BCUT2D eigenvalue weighted by Gasteiger charge is 2.16. The van der Waals surface area contributed by atoms with E-state index in [1.807, 2.05) is 12.1 Å². The molecule has 142 valence electrons. The number of carbonyl (C=O) groups excluding carboxylic acids is 1. The van der Waals surface area contributed by atoms with Gasteiger partial charge in [0.2, 0.25) is 5.91 Å². The lowest BCUT2D eigenvalue weighted by Gasteiger charge is -2.18. The zero-order valence-corrected chi connectivity index (χ0v) is 16.0. The van der Waals surface area contributed by atoms with Gasteiger partial charge in [-0.2, -0.15) is 0 Å². The summed E-state index contributed by atoms with van der Waals surface area (Å²) in [6.45, 7) is 2.51. The molecule has 1 fully saturated rings. The maximum Gasteiger partial charge on any atom is 0.243 e. The van der Waals surface area contributed by atoms with Gasteiger partial charge in [-0.15, -0.1) is 0 Å². The monoisotopic (exact) mass is 371 g/mol. The molecule has 28 heavy (non-hydrogen) atoms. The van der Waals surface area contributed by atoms with Crippen molar-refractivity contribution in [3.05, 3.63) is 65.7 Å². The predicted octanol–water partition coefficient (Wildman–Crippen LogP) is 4.59. The smallest absolute Gasteiger partial charge is 0.243 e. The first kappa shape index (κ1) is 17.1. The second-order valence-electron chi connectivity index (χ2n) is 7.75. The molecule has 1 aliphatic heterocycles. The number of hydrogen-bond acceptors (Lipinski definition) is 3. The van der Waals surface area contributed by atoms with Crippen molar-refractivity contribution in [3.63, 3.8) is 0 Å². The van der Waals surface area contributed by atoms with Crippen LogP contribution >= 0.6 is 0 Å². The second-order valence-corrected chi connectivity index (χ2v) is 7.75. The van der Waals surface area contributed by atoms with Gasteiger partial charge in [0.25, 0.3) is 0 Å². The Bertz CT molecular complexity index is 1010. The van der Waals surface area contributed by atoms with Crippen molar-refractivity contribution in [1.82, 2.24) is 0 Å². The van der Waals surface area contributed by atoms with E-state index in [4.69, 9.17) is 0 Å². The first-order chi connectivity index (χ1) is 13.8. The average molecular weight is 371 g/mol. The second kappa shape index (κ2) is 7.19. The first-order valence-electron chi connectivity index (χ1n) is 10.2. The highest BCUT2D eigenvalue weighted by atomic mass is 16.1. The van der Waals surface area contributed by atoms with Gasteiger partial charge in [0, 0.05) is 35.5 Å². The van der Waals surface area contributed by atoms with Gasteiger partial charge in [-0.25, -0.2) is 0 Å². The van der Waals surface area contributed by atoms with Crippen molar-refractivity contribution in [3.8, 4) is 0 Å². The molecule has 0 saturated carbocycles. The standard InChI is InChI=1S/C24H25N3O/c28-23(26-19-9-11-20(12-10-19)27-14-1-2-15-27)16-25-22-13-8-18-7-6-17-4-3-5-21(22)24(17)18/h3-5,8-13,25H,1-2,6-7,14-16H2,(H,26,28). The van der Waals surface area contributed by atoms with Crippen molar-refractivity contribution in [1.29, 1.82) is 0 Å². The molecule has 1 heterocycles. The van der Waals surface area contributed by atoms with Gasteiger partial charge in [-0.05, 0) is 72.5 Å². The van der Waals surface area contributed by atoms with Gasteiger partial charge in [0.15, 0.2) is 0 Å². The van der Waals surface area contributed by atoms with E-state index in [1.165, 1.54) is 40.4 Å². The highest BCUT2D eigenvalue weighted by molar-refractivity contribution is 6.01. The minimum Gasteiger partial charge on any atom is -0.376 e. The van der Waals surface area contributed by atoms with E-state index in [0.29, 0.717) is 0 Å². The highest BCUT2D eigenvalue weighted by Crippen LogP contribution is 2.34. The number of amides is 1. The lowest BCUT2D eigenvalue weighted by Crippen LogP contribution is -2.22. The number of carbonyl (C=O) groups is 1. The van der Waals surface area contributed by atoms with E-state index in [2.05, 4.69) is 58.0 Å². The molecule has 2 N–H and O–H groups in total. The van der Waals surface area contributed by atoms with Crippen LogP contribution in [0.25, 0.3) is 10.8 Å². The maximum absolute atomic E-state index is 12.4. The minimum absolute atomic E-state index is 0.0304. The number of nitrogens with zero attached hydrogens (tertiary/aromatic N) is 1. The molecule has 4 nitrogen and oxygen atoms in total. The van der Waals surface area contributed by atoms with Crippen LogP contribution < -0.4 is 15.5 Å². The zero-order valence-electron chi connectivity index (χ0n) is 16.0. The Balaban J connectivity index is 1.24. The lowest BCUT2D eigenvalue weighted by molar-refractivity contribution is -0.114. The molecular formula is C24H25N3O. The van der Waals surface area contributed by atoms with Crippen molar-refractivity contribution >= 4 is 33.7 Å². The molecule has 0 atom stereocenters. The molecule has 0 unspecified atom stereocenters. The first-order valence-corrected chi connectivity index (χ1v) is 10.2. The van der Waals surface area contributed by atoms with Crippen LogP contribution in [0.1, 0.15) is 24.0 Å². The molecule has 0 radical (unpaired) electrons. The third-order valence-corrected chi connectivity index (χ3v) is 5.94. The number of rotatable bonds is 5. The number of hydrogen-bond donors (Lipinski definition) is 2. The Hall–Kier alpha value is -3.01. The van der Waals surface area contributed by atoms with E-state index in [1.54, 1.807) is 0 Å². The van der Waals surface area contributed by atoms with Crippen LogP contribution in [0.4, 0.5) is 17.1 Å². The molecule has 0 aromatic heterocycles. The Morgan fingerprint density at radius 1 is 0.893 bits per heavy atom. The summed E-state index contributed by atoms with van der Waals surface area (Å²) in [5, 5.41) is 8.90. The molecule has 0 bridgehead atoms. The van der Waals surface area contributed by atoms with E-state index in [-0.39, 0.29) is 12.5 Å². The van der Waals surface area contributed by atoms with Crippen LogP contribution in [0.15, 0.2) is 54.6 Å². The number of benzene rings is 3. The fraction of sp³-hybridized carbons (Fsp3) is 0.292. The average Bonchev–Trinajstić information content (AvgIpc) is 3.40. The Labute approximate surface area is 165 Å². The Kier molecular flexibility index (Phi) is 4.40. The van der Waals surface area contributed by atoms with Crippen LogP contribution in [0.2, 0.25) is 0 Å². The van der Waals surface area contributed by atoms with Gasteiger partial charge in [-0.1, -0.05) is 24.3 Å². The van der Waals surface area contributed by atoms with Crippen LogP contribution in [0.3, 0.4) is 0 Å². The zero-order chi connectivity index (χ0) is 18.9. The van der Waals surface area contributed by atoms with Gasteiger partial charge in [0.05, 0.1) is 6.54 Å². The summed E-state index contributed by atoms with van der Waals surface area (Å²) >= 11 is 0. The van der Waals surface area contributed by atoms with Crippen LogP contribution in [-0.4, -0.2) is 25.5 Å². The summed E-state index contributed by atoms with van der Waals surface area (Å²) in [7, 11) is 0. The molecule has 3 aromatic rings. The van der Waals surface area contributed by atoms with E-state index in [0.717, 1.165) is 37.3 Å². The fourth-order valence-corrected chi connectivity index (χ4v) is 4.51. The van der Waals surface area contributed by atoms with Crippen LogP contribution in [0.5, 0.6) is 0 Å². The summed E-state index contributed by atoms with van der Waals surface area (Å²) in [5.41, 5.74) is 5.94. The van der Waals surface area contributed by atoms with E-state index >= 15 is 0 Å². The molecular weight excluding hydrogens is 346 g/mol. The summed E-state index contributed by atoms with van der Waals surface area (Å²) in [4.78, 5) is 14.8. The van der Waals surface area contributed by atoms with Gasteiger partial charge in [0.1, 0.15) is 0 Å².